The van der Waals surface area contributed by atoms with Crippen molar-refractivity contribution in [2.45, 2.75) is 44.2 Å². The average Bonchev–Trinajstić information content (AvgIpc) is 3.25. The lowest BCUT2D eigenvalue weighted by Gasteiger charge is -2.32. The Balaban J connectivity index is 1.21. The number of hydrogen-bond donors (Lipinski definition) is 2. The van der Waals surface area contributed by atoms with Crippen molar-refractivity contribution in [1.82, 2.24) is 25.3 Å². The third-order valence-electron chi connectivity index (χ3n) is 5.97. The van der Waals surface area contributed by atoms with Crippen LogP contribution in [0.25, 0.3) is 0 Å². The summed E-state index contributed by atoms with van der Waals surface area (Å²) in [6.07, 6.45) is 7.33. The first-order chi connectivity index (χ1) is 13.8. The lowest BCUT2D eigenvalue weighted by molar-refractivity contribution is 0.0905. The predicted octanol–water partition coefficient (Wildman–Crippen LogP) is 2.24. The van der Waals surface area contributed by atoms with Crippen LogP contribution < -0.4 is 10.6 Å². The number of nitrogens with one attached hydrogen (secondary N) is 2. The molecule has 28 heavy (non-hydrogen) atoms. The van der Waals surface area contributed by atoms with Crippen molar-refractivity contribution in [2.75, 3.05) is 32.7 Å². The molecule has 6 nitrogen and oxygen atoms in total. The van der Waals surface area contributed by atoms with Crippen molar-refractivity contribution in [2.24, 2.45) is 0 Å². The number of rotatable bonds is 6. The first-order valence-electron chi connectivity index (χ1n) is 10.6. The maximum atomic E-state index is 12.6. The van der Waals surface area contributed by atoms with Gasteiger partial charge in [-0.2, -0.15) is 5.10 Å². The molecule has 1 aromatic heterocycles. The number of carbonyl (C=O) groups excluding carboxylic acids is 1. The topological polar surface area (TPSA) is 62.2 Å². The fourth-order valence-electron chi connectivity index (χ4n) is 4.21. The molecule has 1 unspecified atom stereocenters. The molecule has 0 spiro atoms. The second-order valence-electron chi connectivity index (χ2n) is 8.01. The molecule has 2 fully saturated rings. The maximum absolute atomic E-state index is 12.6. The second-order valence-corrected chi connectivity index (χ2v) is 8.01. The van der Waals surface area contributed by atoms with Gasteiger partial charge in [-0.25, -0.2) is 0 Å². The largest absolute Gasteiger partial charge is 0.348 e. The molecule has 0 radical (unpaired) electrons. The van der Waals surface area contributed by atoms with E-state index in [2.05, 4.69) is 51.0 Å². The van der Waals surface area contributed by atoms with Gasteiger partial charge >= 0.3 is 0 Å². The molecule has 2 aliphatic heterocycles. The third-order valence-corrected chi connectivity index (χ3v) is 5.97. The van der Waals surface area contributed by atoms with E-state index in [4.69, 9.17) is 0 Å². The van der Waals surface area contributed by atoms with Crippen molar-refractivity contribution in [3.63, 3.8) is 0 Å². The van der Waals surface area contributed by atoms with Gasteiger partial charge in [0.05, 0.1) is 6.04 Å². The minimum absolute atomic E-state index is 0.0368. The Morgan fingerprint density at radius 2 is 1.96 bits per heavy atom. The summed E-state index contributed by atoms with van der Waals surface area (Å²) < 4.78 is 1.95. The van der Waals surface area contributed by atoms with Crippen LogP contribution in [0.1, 0.15) is 47.8 Å². The quantitative estimate of drug-likeness (QED) is 0.806. The number of amides is 1. The van der Waals surface area contributed by atoms with Gasteiger partial charge in [0.15, 0.2) is 0 Å². The molecule has 2 N–H and O–H groups in total. The first kappa shape index (κ1) is 19.2. The van der Waals surface area contributed by atoms with Crippen LogP contribution in [0.4, 0.5) is 0 Å². The van der Waals surface area contributed by atoms with E-state index in [-0.39, 0.29) is 11.9 Å². The minimum atomic E-state index is -0.0368. The van der Waals surface area contributed by atoms with Crippen molar-refractivity contribution >= 4 is 5.91 Å². The van der Waals surface area contributed by atoms with Crippen molar-refractivity contribution in [3.05, 3.63) is 53.9 Å². The molecule has 150 valence electrons. The standard InChI is InChI=1S/C22H31N5O/c28-22(21-11-16-27(25-21)20-7-4-12-23-17-20)24-19-9-14-26(15-10-19)13-8-18-5-2-1-3-6-18/h1-3,5-6,11,16,19-20,23H,4,7-10,12-15,17H2,(H,24,28). The Morgan fingerprint density at radius 3 is 2.71 bits per heavy atom. The van der Waals surface area contributed by atoms with E-state index in [1.165, 1.54) is 5.56 Å². The highest BCUT2D eigenvalue weighted by atomic mass is 16.2. The number of benzene rings is 1. The van der Waals surface area contributed by atoms with Crippen LogP contribution in [0.5, 0.6) is 0 Å². The highest BCUT2D eigenvalue weighted by molar-refractivity contribution is 5.92. The molecular weight excluding hydrogens is 350 g/mol. The number of carbonyl (C=O) groups is 1. The highest BCUT2D eigenvalue weighted by Crippen LogP contribution is 2.16. The molecule has 2 aromatic rings. The number of aromatic nitrogens is 2. The normalized spacial score (nSPS) is 21.5. The first-order valence-corrected chi connectivity index (χ1v) is 10.6. The monoisotopic (exact) mass is 381 g/mol. The molecule has 1 amide bonds. The molecule has 0 aliphatic carbocycles. The van der Waals surface area contributed by atoms with Crippen LogP contribution >= 0.6 is 0 Å². The second kappa shape index (κ2) is 9.34. The van der Waals surface area contributed by atoms with Crippen molar-refractivity contribution in [1.29, 1.82) is 0 Å². The Hall–Kier alpha value is -2.18. The van der Waals surface area contributed by atoms with Crippen LogP contribution in [-0.2, 0) is 6.42 Å². The fraction of sp³-hybridized carbons (Fsp3) is 0.545. The molecule has 2 aliphatic rings. The average molecular weight is 382 g/mol. The predicted molar refractivity (Wildman–Crippen MR) is 110 cm³/mol. The van der Waals surface area contributed by atoms with Crippen LogP contribution in [0.3, 0.4) is 0 Å². The summed E-state index contributed by atoms with van der Waals surface area (Å²) in [5.74, 6) is -0.0368. The van der Waals surface area contributed by atoms with E-state index in [9.17, 15) is 4.79 Å². The van der Waals surface area contributed by atoms with E-state index in [1.54, 1.807) is 0 Å². The van der Waals surface area contributed by atoms with Gasteiger partial charge in [-0.15, -0.1) is 0 Å². The molecule has 4 rings (SSSR count). The van der Waals surface area contributed by atoms with Gasteiger partial charge in [0.25, 0.3) is 5.91 Å². The van der Waals surface area contributed by atoms with E-state index >= 15 is 0 Å². The minimum Gasteiger partial charge on any atom is -0.348 e. The molecule has 6 heteroatoms. The van der Waals surface area contributed by atoms with Crippen molar-refractivity contribution in [3.8, 4) is 0 Å². The molecule has 1 aromatic carbocycles. The summed E-state index contributed by atoms with van der Waals surface area (Å²) in [6, 6.07) is 13.1. The number of nitrogens with zero attached hydrogens (tertiary/aromatic N) is 3. The van der Waals surface area contributed by atoms with Gasteiger partial charge in [0.2, 0.25) is 0 Å². The summed E-state index contributed by atoms with van der Waals surface area (Å²) in [6.45, 7) is 5.18. The Morgan fingerprint density at radius 1 is 1.14 bits per heavy atom. The van der Waals surface area contributed by atoms with E-state index in [0.29, 0.717) is 11.7 Å². The lowest BCUT2D eigenvalue weighted by Crippen LogP contribution is -2.45. The van der Waals surface area contributed by atoms with E-state index < -0.39 is 0 Å². The molecular formula is C22H31N5O. The van der Waals surface area contributed by atoms with Crippen LogP contribution in [0.2, 0.25) is 0 Å². The number of likely N-dealkylation sites (tertiary alicyclic amines) is 1. The zero-order chi connectivity index (χ0) is 19.2. The Labute approximate surface area is 167 Å². The van der Waals surface area contributed by atoms with Gasteiger partial charge < -0.3 is 15.5 Å². The van der Waals surface area contributed by atoms with Gasteiger partial charge in [-0.3, -0.25) is 9.48 Å². The van der Waals surface area contributed by atoms with Gasteiger partial charge in [-0.05, 0) is 50.3 Å². The summed E-state index contributed by atoms with van der Waals surface area (Å²) >= 11 is 0. The smallest absolute Gasteiger partial charge is 0.271 e. The molecule has 0 saturated carbocycles. The third kappa shape index (κ3) is 5.00. The Bertz CT molecular complexity index is 745. The summed E-state index contributed by atoms with van der Waals surface area (Å²) in [5, 5.41) is 11.1. The molecule has 0 bridgehead atoms. The van der Waals surface area contributed by atoms with Crippen molar-refractivity contribution < 1.29 is 4.79 Å². The maximum Gasteiger partial charge on any atom is 0.271 e. The van der Waals surface area contributed by atoms with E-state index in [0.717, 1.165) is 64.8 Å². The summed E-state index contributed by atoms with van der Waals surface area (Å²) in [5.41, 5.74) is 1.93. The highest BCUT2D eigenvalue weighted by Gasteiger charge is 2.23. The van der Waals surface area contributed by atoms with Gasteiger partial charge in [0, 0.05) is 38.4 Å². The SMILES string of the molecule is O=C(NC1CCN(CCc2ccccc2)CC1)c1ccn(C2CCCNC2)n1. The lowest BCUT2D eigenvalue weighted by atomic mass is 10.0. The van der Waals surface area contributed by atoms with Gasteiger partial charge in [-0.1, -0.05) is 30.3 Å². The fourth-order valence-corrected chi connectivity index (χ4v) is 4.21. The van der Waals surface area contributed by atoms with Crippen LogP contribution in [0, 0.1) is 0 Å². The zero-order valence-corrected chi connectivity index (χ0v) is 16.5. The van der Waals surface area contributed by atoms with Crippen LogP contribution in [0.15, 0.2) is 42.6 Å². The zero-order valence-electron chi connectivity index (χ0n) is 16.5. The summed E-state index contributed by atoms with van der Waals surface area (Å²) in [7, 11) is 0. The Kier molecular flexibility index (Phi) is 6.39. The molecule has 3 heterocycles. The van der Waals surface area contributed by atoms with E-state index in [1.807, 2.05) is 16.9 Å². The molecule has 1 atom stereocenters. The van der Waals surface area contributed by atoms with Gasteiger partial charge in [0.1, 0.15) is 5.69 Å². The number of piperidine rings is 2. The molecule has 2 saturated heterocycles. The summed E-state index contributed by atoms with van der Waals surface area (Å²) in [4.78, 5) is 15.1. The number of hydrogen-bond acceptors (Lipinski definition) is 4. The van der Waals surface area contributed by atoms with Crippen LogP contribution in [-0.4, -0.2) is 59.4 Å².